The number of ether oxygens (including phenoxy) is 1. The number of aromatic nitrogens is 2. The zero-order chi connectivity index (χ0) is 13.0. The van der Waals surface area contributed by atoms with E-state index in [0.717, 1.165) is 5.69 Å². The first kappa shape index (κ1) is 12.0. The van der Waals surface area contributed by atoms with E-state index in [1.54, 1.807) is 36.5 Å². The largest absolute Gasteiger partial charge is 0.481 e. The molecule has 1 aromatic carbocycles. The second-order valence-electron chi connectivity index (χ2n) is 3.76. The smallest absolute Gasteiger partial charge is 0.322 e. The Morgan fingerprint density at radius 3 is 2.83 bits per heavy atom. The van der Waals surface area contributed by atoms with Gasteiger partial charge in [-0.25, -0.2) is 9.97 Å². The lowest BCUT2D eigenvalue weighted by Gasteiger charge is -2.08. The van der Waals surface area contributed by atoms with E-state index in [0.29, 0.717) is 11.3 Å². The van der Waals surface area contributed by atoms with Crippen molar-refractivity contribution in [3.63, 3.8) is 0 Å². The minimum Gasteiger partial charge on any atom is -0.481 e. The van der Waals surface area contributed by atoms with Gasteiger partial charge in [-0.2, -0.15) is 0 Å². The number of rotatable bonds is 4. The van der Waals surface area contributed by atoms with Gasteiger partial charge in [0.2, 0.25) is 0 Å². The third-order valence-corrected chi connectivity index (χ3v) is 2.29. The van der Waals surface area contributed by atoms with Crippen molar-refractivity contribution < 1.29 is 14.6 Å². The van der Waals surface area contributed by atoms with Crippen LogP contribution in [0.25, 0.3) is 0 Å². The number of carboxylic acid groups (broad SMARTS) is 1. The molecule has 0 saturated carbocycles. The molecule has 0 unspecified atom stereocenters. The first-order valence-corrected chi connectivity index (χ1v) is 5.42. The normalized spacial score (nSPS) is 10.1. The van der Waals surface area contributed by atoms with E-state index < -0.39 is 5.97 Å². The van der Waals surface area contributed by atoms with E-state index >= 15 is 0 Å². The number of para-hydroxylation sites is 1. The molecule has 0 spiro atoms. The van der Waals surface area contributed by atoms with Crippen LogP contribution < -0.4 is 4.74 Å². The molecule has 0 aliphatic heterocycles. The fourth-order valence-corrected chi connectivity index (χ4v) is 1.49. The maximum absolute atomic E-state index is 10.7. The summed E-state index contributed by atoms with van der Waals surface area (Å²) in [6.07, 6.45) is 1.50. The Labute approximate surface area is 104 Å². The predicted octanol–water partition coefficient (Wildman–Crippen LogP) is 2.20. The number of aliphatic carboxylic acids is 1. The van der Waals surface area contributed by atoms with Crippen molar-refractivity contribution in [1.29, 1.82) is 0 Å². The van der Waals surface area contributed by atoms with Gasteiger partial charge in [0.15, 0.2) is 0 Å². The summed E-state index contributed by atoms with van der Waals surface area (Å²) in [4.78, 5) is 18.8. The van der Waals surface area contributed by atoms with Gasteiger partial charge in [-0.1, -0.05) is 18.2 Å². The number of aryl methyl sites for hydroxylation is 1. The Balaban J connectivity index is 2.26. The maximum atomic E-state index is 10.7. The summed E-state index contributed by atoms with van der Waals surface area (Å²) < 4.78 is 5.51. The lowest BCUT2D eigenvalue weighted by Crippen LogP contribution is -2.02. The molecule has 0 radical (unpaired) electrons. The molecule has 2 rings (SSSR count). The monoisotopic (exact) mass is 244 g/mol. The van der Waals surface area contributed by atoms with Crippen LogP contribution in [0.3, 0.4) is 0 Å². The quantitative estimate of drug-likeness (QED) is 0.892. The molecule has 0 saturated heterocycles. The van der Waals surface area contributed by atoms with Gasteiger partial charge in [0.25, 0.3) is 0 Å². The maximum Gasteiger partial charge on any atom is 0.322 e. The van der Waals surface area contributed by atoms with E-state index in [1.807, 2.05) is 6.92 Å². The molecule has 1 N–H and O–H groups in total. The number of carboxylic acids is 1. The van der Waals surface area contributed by atoms with Crippen molar-refractivity contribution in [2.75, 3.05) is 0 Å². The van der Waals surface area contributed by atoms with Crippen molar-refractivity contribution in [2.45, 2.75) is 13.3 Å². The van der Waals surface area contributed by atoms with Gasteiger partial charge in [0, 0.05) is 17.5 Å². The van der Waals surface area contributed by atoms with Crippen molar-refractivity contribution >= 4 is 5.97 Å². The Bertz CT molecular complexity index is 570. The van der Waals surface area contributed by atoms with Crippen LogP contribution in [0.5, 0.6) is 11.8 Å². The molecule has 0 atom stereocenters. The molecular weight excluding hydrogens is 232 g/mol. The van der Waals surface area contributed by atoms with Gasteiger partial charge >= 0.3 is 12.0 Å². The molecule has 5 heteroatoms. The highest BCUT2D eigenvalue weighted by Gasteiger charge is 2.09. The van der Waals surface area contributed by atoms with E-state index in [2.05, 4.69) is 9.97 Å². The zero-order valence-corrected chi connectivity index (χ0v) is 9.83. The van der Waals surface area contributed by atoms with Crippen LogP contribution in [-0.4, -0.2) is 21.0 Å². The topological polar surface area (TPSA) is 72.3 Å². The lowest BCUT2D eigenvalue weighted by molar-refractivity contribution is -0.136. The van der Waals surface area contributed by atoms with Gasteiger partial charge in [-0.3, -0.25) is 4.79 Å². The second kappa shape index (κ2) is 5.27. The minimum atomic E-state index is -0.906. The number of nitrogens with zero attached hydrogens (tertiary/aromatic N) is 2. The minimum absolute atomic E-state index is 0.0952. The van der Waals surface area contributed by atoms with Crippen LogP contribution >= 0.6 is 0 Å². The summed E-state index contributed by atoms with van der Waals surface area (Å²) in [5.74, 6) is -0.443. The zero-order valence-electron chi connectivity index (χ0n) is 9.83. The number of carbonyl (C=O) groups is 1. The molecule has 0 aliphatic carbocycles. The van der Waals surface area contributed by atoms with E-state index in [9.17, 15) is 4.79 Å². The molecule has 18 heavy (non-hydrogen) atoms. The van der Waals surface area contributed by atoms with E-state index in [-0.39, 0.29) is 12.4 Å². The van der Waals surface area contributed by atoms with Gasteiger partial charge in [0.1, 0.15) is 5.75 Å². The molecule has 1 aromatic heterocycles. The standard InChI is InChI=1S/C13H12N2O3/c1-9-6-7-14-13(15-9)18-11-5-3-2-4-10(11)8-12(16)17/h2-7H,8H2,1H3,(H,16,17). The number of hydrogen-bond donors (Lipinski definition) is 1. The molecule has 0 amide bonds. The fraction of sp³-hybridized carbons (Fsp3) is 0.154. The highest BCUT2D eigenvalue weighted by atomic mass is 16.5. The molecule has 5 nitrogen and oxygen atoms in total. The first-order chi connectivity index (χ1) is 8.65. The average Bonchev–Trinajstić information content (AvgIpc) is 2.31. The van der Waals surface area contributed by atoms with Crippen LogP contribution in [0.15, 0.2) is 36.5 Å². The number of benzene rings is 1. The fourth-order valence-electron chi connectivity index (χ4n) is 1.49. The van der Waals surface area contributed by atoms with Crippen molar-refractivity contribution in [2.24, 2.45) is 0 Å². The van der Waals surface area contributed by atoms with Gasteiger partial charge in [0.05, 0.1) is 6.42 Å². The Morgan fingerprint density at radius 2 is 2.11 bits per heavy atom. The molecule has 2 aromatic rings. The van der Waals surface area contributed by atoms with Crippen molar-refractivity contribution in [3.05, 3.63) is 47.8 Å². The SMILES string of the molecule is Cc1ccnc(Oc2ccccc2CC(=O)O)n1. The van der Waals surface area contributed by atoms with Gasteiger partial charge in [-0.15, -0.1) is 0 Å². The van der Waals surface area contributed by atoms with Crippen LogP contribution in [0, 0.1) is 6.92 Å². The second-order valence-corrected chi connectivity index (χ2v) is 3.76. The van der Waals surface area contributed by atoms with Crippen molar-refractivity contribution in [3.8, 4) is 11.8 Å². The summed E-state index contributed by atoms with van der Waals surface area (Å²) in [6.45, 7) is 1.83. The van der Waals surface area contributed by atoms with Gasteiger partial charge in [-0.05, 0) is 19.1 Å². The molecule has 92 valence electrons. The molecule has 0 aliphatic rings. The summed E-state index contributed by atoms with van der Waals surface area (Å²) in [7, 11) is 0. The Kier molecular flexibility index (Phi) is 3.52. The van der Waals surface area contributed by atoms with Crippen LogP contribution in [-0.2, 0) is 11.2 Å². The van der Waals surface area contributed by atoms with Crippen LogP contribution in [0.2, 0.25) is 0 Å². The predicted molar refractivity (Wildman–Crippen MR) is 64.6 cm³/mol. The number of hydrogen-bond acceptors (Lipinski definition) is 4. The highest BCUT2D eigenvalue weighted by Crippen LogP contribution is 2.23. The molecule has 0 bridgehead atoms. The summed E-state index contributed by atoms with van der Waals surface area (Å²) >= 11 is 0. The first-order valence-electron chi connectivity index (χ1n) is 5.42. The lowest BCUT2D eigenvalue weighted by atomic mass is 10.1. The Hall–Kier alpha value is -2.43. The molecule has 0 fully saturated rings. The van der Waals surface area contributed by atoms with E-state index in [1.165, 1.54) is 0 Å². The van der Waals surface area contributed by atoms with Crippen LogP contribution in [0.4, 0.5) is 0 Å². The highest BCUT2D eigenvalue weighted by molar-refractivity contribution is 5.71. The van der Waals surface area contributed by atoms with Gasteiger partial charge < -0.3 is 9.84 Å². The third-order valence-electron chi connectivity index (χ3n) is 2.29. The van der Waals surface area contributed by atoms with Crippen LogP contribution in [0.1, 0.15) is 11.3 Å². The average molecular weight is 244 g/mol. The molecular formula is C13H12N2O3. The molecule has 1 heterocycles. The van der Waals surface area contributed by atoms with E-state index in [4.69, 9.17) is 9.84 Å². The summed E-state index contributed by atoms with van der Waals surface area (Å²) in [5, 5.41) is 8.81. The van der Waals surface area contributed by atoms with Crippen molar-refractivity contribution in [1.82, 2.24) is 9.97 Å². The summed E-state index contributed by atoms with van der Waals surface area (Å²) in [5.41, 5.74) is 1.38. The third kappa shape index (κ3) is 3.04. The summed E-state index contributed by atoms with van der Waals surface area (Å²) in [6, 6.07) is 8.92. The Morgan fingerprint density at radius 1 is 1.33 bits per heavy atom.